The Morgan fingerprint density at radius 2 is 1.84 bits per heavy atom. The zero-order valence-electron chi connectivity index (χ0n) is 10.3. The van der Waals surface area contributed by atoms with E-state index in [0.717, 1.165) is 26.2 Å². The van der Waals surface area contributed by atoms with E-state index in [9.17, 15) is 4.39 Å². The first kappa shape index (κ1) is 16.7. The Labute approximate surface area is 129 Å². The fourth-order valence-electron chi connectivity index (χ4n) is 2.22. The Morgan fingerprint density at radius 1 is 1.26 bits per heavy atom. The molecule has 1 fully saturated rings. The highest BCUT2D eigenvalue weighted by Gasteiger charge is 2.25. The summed E-state index contributed by atoms with van der Waals surface area (Å²) in [7, 11) is 0. The average molecular weight is 326 g/mol. The van der Waals surface area contributed by atoms with Gasteiger partial charge in [-0.2, -0.15) is 0 Å². The van der Waals surface area contributed by atoms with Gasteiger partial charge in [0.15, 0.2) is 0 Å². The van der Waals surface area contributed by atoms with Crippen molar-refractivity contribution in [3.63, 3.8) is 0 Å². The van der Waals surface area contributed by atoms with Gasteiger partial charge in [0.2, 0.25) is 0 Å². The standard InChI is InChI=1S/C13H15Cl2FN2.ClH/c1-2-11(18-7-5-17-6-8-18)12-9(14)3-4-10(15)13(12)16;/h2-4,11,17H,1,5-8H2;1H/t11-;/m1./s1. The second kappa shape index (κ2) is 7.46. The molecule has 1 aromatic rings. The smallest absolute Gasteiger partial charge is 0.148 e. The molecule has 1 aliphatic rings. The molecule has 1 atom stereocenters. The van der Waals surface area contributed by atoms with E-state index < -0.39 is 5.82 Å². The molecule has 0 radical (unpaired) electrons. The normalized spacial score (nSPS) is 17.6. The molecule has 6 heteroatoms. The molecule has 0 aliphatic carbocycles. The van der Waals surface area contributed by atoms with E-state index in [1.54, 1.807) is 12.1 Å². The third-order valence-electron chi connectivity index (χ3n) is 3.14. The molecule has 19 heavy (non-hydrogen) atoms. The van der Waals surface area contributed by atoms with Gasteiger partial charge in [0, 0.05) is 36.8 Å². The van der Waals surface area contributed by atoms with Crippen molar-refractivity contribution in [3.8, 4) is 0 Å². The topological polar surface area (TPSA) is 15.3 Å². The zero-order chi connectivity index (χ0) is 13.1. The van der Waals surface area contributed by atoms with Gasteiger partial charge in [0.25, 0.3) is 0 Å². The third kappa shape index (κ3) is 3.61. The summed E-state index contributed by atoms with van der Waals surface area (Å²) in [5.74, 6) is -0.451. The summed E-state index contributed by atoms with van der Waals surface area (Å²) in [5.41, 5.74) is 0.418. The Morgan fingerprint density at radius 3 is 2.42 bits per heavy atom. The molecule has 106 valence electrons. The lowest BCUT2D eigenvalue weighted by atomic mass is 10.0. The first-order valence-electron chi connectivity index (χ1n) is 5.86. The summed E-state index contributed by atoms with van der Waals surface area (Å²) in [5, 5.41) is 3.74. The molecular weight excluding hydrogens is 310 g/mol. The van der Waals surface area contributed by atoms with Gasteiger partial charge in [-0.05, 0) is 12.1 Å². The van der Waals surface area contributed by atoms with Crippen LogP contribution < -0.4 is 5.32 Å². The predicted molar refractivity (Wildman–Crippen MR) is 81.0 cm³/mol. The average Bonchev–Trinajstić information content (AvgIpc) is 2.40. The number of rotatable bonds is 3. The highest BCUT2D eigenvalue weighted by atomic mass is 35.5. The molecule has 1 saturated heterocycles. The third-order valence-corrected chi connectivity index (χ3v) is 3.76. The van der Waals surface area contributed by atoms with E-state index in [1.165, 1.54) is 6.07 Å². The van der Waals surface area contributed by atoms with E-state index in [2.05, 4.69) is 16.8 Å². The van der Waals surface area contributed by atoms with Crippen LogP contribution in [-0.2, 0) is 0 Å². The predicted octanol–water partition coefficient (Wildman–Crippen LogP) is 3.69. The Hall–Kier alpha value is -0.320. The van der Waals surface area contributed by atoms with Crippen LogP contribution in [0.25, 0.3) is 0 Å². The number of nitrogens with zero attached hydrogens (tertiary/aromatic N) is 1. The fraction of sp³-hybridized carbons (Fsp3) is 0.385. The van der Waals surface area contributed by atoms with E-state index in [0.29, 0.717) is 10.6 Å². The summed E-state index contributed by atoms with van der Waals surface area (Å²) < 4.78 is 14.1. The van der Waals surface area contributed by atoms with Crippen LogP contribution >= 0.6 is 35.6 Å². The molecule has 1 aromatic carbocycles. The molecule has 0 aromatic heterocycles. The molecular formula is C13H16Cl3FN2. The van der Waals surface area contributed by atoms with Crippen molar-refractivity contribution in [1.29, 1.82) is 0 Å². The summed E-state index contributed by atoms with van der Waals surface area (Å²) in [6.07, 6.45) is 1.71. The van der Waals surface area contributed by atoms with E-state index >= 15 is 0 Å². The number of nitrogens with one attached hydrogen (secondary N) is 1. The summed E-state index contributed by atoms with van der Waals surface area (Å²) >= 11 is 11.9. The van der Waals surface area contributed by atoms with E-state index in [-0.39, 0.29) is 23.5 Å². The highest BCUT2D eigenvalue weighted by molar-refractivity contribution is 6.33. The Bertz CT molecular complexity index is 448. The van der Waals surface area contributed by atoms with Crippen LogP contribution in [0.1, 0.15) is 11.6 Å². The fourth-order valence-corrected chi connectivity index (χ4v) is 2.65. The van der Waals surface area contributed by atoms with Crippen molar-refractivity contribution in [2.45, 2.75) is 6.04 Å². The van der Waals surface area contributed by atoms with E-state index in [1.807, 2.05) is 0 Å². The van der Waals surface area contributed by atoms with Crippen LogP contribution in [0, 0.1) is 5.82 Å². The minimum absolute atomic E-state index is 0. The van der Waals surface area contributed by atoms with E-state index in [4.69, 9.17) is 23.2 Å². The van der Waals surface area contributed by atoms with Crippen LogP contribution in [0.2, 0.25) is 10.0 Å². The largest absolute Gasteiger partial charge is 0.314 e. The van der Waals surface area contributed by atoms with Gasteiger partial charge in [-0.3, -0.25) is 4.90 Å². The number of halogens is 4. The molecule has 2 nitrogen and oxygen atoms in total. The molecule has 0 amide bonds. The summed E-state index contributed by atoms with van der Waals surface area (Å²) in [6, 6.07) is 2.86. The molecule has 1 N–H and O–H groups in total. The molecule has 0 spiro atoms. The van der Waals surface area contributed by atoms with Crippen LogP contribution in [0.3, 0.4) is 0 Å². The van der Waals surface area contributed by atoms with Gasteiger partial charge < -0.3 is 5.32 Å². The molecule has 0 unspecified atom stereocenters. The minimum atomic E-state index is -0.451. The quantitative estimate of drug-likeness (QED) is 0.673. The van der Waals surface area contributed by atoms with Crippen LogP contribution in [0.4, 0.5) is 4.39 Å². The lowest BCUT2D eigenvalue weighted by Gasteiger charge is -2.34. The van der Waals surface area contributed by atoms with Gasteiger partial charge in [0.1, 0.15) is 5.82 Å². The highest BCUT2D eigenvalue weighted by Crippen LogP contribution is 2.34. The van der Waals surface area contributed by atoms with Crippen LogP contribution in [0.5, 0.6) is 0 Å². The zero-order valence-corrected chi connectivity index (χ0v) is 12.7. The molecule has 0 saturated carbocycles. The van der Waals surface area contributed by atoms with Gasteiger partial charge in [0.05, 0.1) is 11.1 Å². The van der Waals surface area contributed by atoms with Crippen molar-refractivity contribution in [1.82, 2.24) is 10.2 Å². The molecule has 1 heterocycles. The first-order valence-corrected chi connectivity index (χ1v) is 6.61. The Kier molecular flexibility index (Phi) is 6.57. The van der Waals surface area contributed by atoms with Crippen molar-refractivity contribution in [2.75, 3.05) is 26.2 Å². The second-order valence-electron chi connectivity index (χ2n) is 4.22. The van der Waals surface area contributed by atoms with Crippen molar-refractivity contribution in [3.05, 3.63) is 46.2 Å². The molecule has 0 bridgehead atoms. The summed E-state index contributed by atoms with van der Waals surface area (Å²) in [6.45, 7) is 7.22. The Balaban J connectivity index is 0.00000180. The molecule has 2 rings (SSSR count). The SMILES string of the molecule is C=C[C@H](c1c(Cl)ccc(Cl)c1F)N1CCNCC1.Cl. The number of hydrogen-bond acceptors (Lipinski definition) is 2. The monoisotopic (exact) mass is 324 g/mol. The maximum Gasteiger partial charge on any atom is 0.148 e. The second-order valence-corrected chi connectivity index (χ2v) is 5.04. The number of benzene rings is 1. The van der Waals surface area contributed by atoms with Gasteiger partial charge in [-0.25, -0.2) is 4.39 Å². The summed E-state index contributed by atoms with van der Waals surface area (Å²) in [4.78, 5) is 2.14. The molecule has 1 aliphatic heterocycles. The lowest BCUT2D eigenvalue weighted by molar-refractivity contribution is 0.200. The maximum atomic E-state index is 14.1. The maximum absolute atomic E-state index is 14.1. The number of piperazine rings is 1. The van der Waals surface area contributed by atoms with Crippen molar-refractivity contribution < 1.29 is 4.39 Å². The van der Waals surface area contributed by atoms with Crippen LogP contribution in [-0.4, -0.2) is 31.1 Å². The van der Waals surface area contributed by atoms with Crippen molar-refractivity contribution >= 4 is 35.6 Å². The van der Waals surface area contributed by atoms with Crippen LogP contribution in [0.15, 0.2) is 24.8 Å². The first-order chi connectivity index (χ1) is 8.65. The lowest BCUT2D eigenvalue weighted by Crippen LogP contribution is -2.44. The minimum Gasteiger partial charge on any atom is -0.314 e. The van der Waals surface area contributed by atoms with Gasteiger partial charge in [-0.1, -0.05) is 29.3 Å². The van der Waals surface area contributed by atoms with Gasteiger partial charge in [-0.15, -0.1) is 19.0 Å². The number of hydrogen-bond donors (Lipinski definition) is 1. The van der Waals surface area contributed by atoms with Crippen molar-refractivity contribution in [2.24, 2.45) is 0 Å². The van der Waals surface area contributed by atoms with Gasteiger partial charge >= 0.3 is 0 Å².